The first-order chi connectivity index (χ1) is 5.35. The number of rotatable bonds is 5. The van der Waals surface area contributed by atoms with Crippen LogP contribution in [-0.2, 0) is 0 Å². The third-order valence-corrected chi connectivity index (χ3v) is 2.48. The average Bonchev–Trinajstić information content (AvgIpc) is 2.08. The lowest BCUT2D eigenvalue weighted by atomic mass is 10.0. The van der Waals surface area contributed by atoms with Gasteiger partial charge in [-0.1, -0.05) is 40.5 Å². The Morgan fingerprint density at radius 1 is 1.18 bits per heavy atom. The Hall–Kier alpha value is 0.350. The lowest BCUT2D eigenvalue weighted by molar-refractivity contribution is 0.518. The maximum atomic E-state index is 2.29. The van der Waals surface area contributed by atoms with E-state index in [1.807, 2.05) is 25.6 Å². The van der Waals surface area contributed by atoms with Crippen LogP contribution in [0, 0.1) is 5.92 Å². The third kappa shape index (κ3) is 10.4. The van der Waals surface area contributed by atoms with Crippen LogP contribution in [0.3, 0.4) is 0 Å². The van der Waals surface area contributed by atoms with Gasteiger partial charge in [-0.2, -0.15) is 11.8 Å². The molecule has 0 saturated carbocycles. The molecule has 0 fully saturated rings. The van der Waals surface area contributed by atoms with Gasteiger partial charge in [0, 0.05) is 0 Å². The normalized spacial score (nSPS) is 11.7. The van der Waals surface area contributed by atoms with Crippen molar-refractivity contribution in [2.45, 2.75) is 47.0 Å². The maximum absolute atomic E-state index is 2.29. The predicted molar refractivity (Wildman–Crippen MR) is 58.4 cm³/mol. The van der Waals surface area contributed by atoms with Gasteiger partial charge in [-0.15, -0.1) is 0 Å². The summed E-state index contributed by atoms with van der Waals surface area (Å²) in [5, 5.41) is 0. The van der Waals surface area contributed by atoms with Gasteiger partial charge in [0.2, 0.25) is 0 Å². The zero-order valence-electron chi connectivity index (χ0n) is 8.81. The fraction of sp³-hybridized carbons (Fsp3) is 1.00. The molecule has 70 valence electrons. The summed E-state index contributed by atoms with van der Waals surface area (Å²) in [5.41, 5.74) is 0. The summed E-state index contributed by atoms with van der Waals surface area (Å²) in [6, 6.07) is 0. The fourth-order valence-corrected chi connectivity index (χ4v) is 1.92. The Morgan fingerprint density at radius 3 is 2.00 bits per heavy atom. The maximum Gasteiger partial charge on any atom is -0.00420 e. The minimum Gasteiger partial charge on any atom is -0.165 e. The minimum atomic E-state index is 0.977. The van der Waals surface area contributed by atoms with Crippen LogP contribution in [0.1, 0.15) is 47.0 Å². The van der Waals surface area contributed by atoms with Gasteiger partial charge >= 0.3 is 0 Å². The van der Waals surface area contributed by atoms with E-state index in [-0.39, 0.29) is 0 Å². The van der Waals surface area contributed by atoms with Crippen molar-refractivity contribution in [2.24, 2.45) is 5.92 Å². The fourth-order valence-electron chi connectivity index (χ4n) is 1.05. The summed E-state index contributed by atoms with van der Waals surface area (Å²) in [4.78, 5) is 0. The molecule has 0 amide bonds. The first-order valence-electron chi connectivity index (χ1n) is 4.84. The number of hydrogen-bond acceptors (Lipinski definition) is 1. The van der Waals surface area contributed by atoms with Crippen LogP contribution in [0.4, 0.5) is 0 Å². The summed E-state index contributed by atoms with van der Waals surface area (Å²) < 4.78 is 0. The van der Waals surface area contributed by atoms with Crippen LogP contribution in [0.15, 0.2) is 0 Å². The molecule has 0 aliphatic rings. The molecule has 0 aliphatic carbocycles. The predicted octanol–water partition coefficient (Wildman–Crippen LogP) is 4.20. The van der Waals surface area contributed by atoms with Gasteiger partial charge in [-0.05, 0) is 24.3 Å². The molecule has 0 bridgehead atoms. The average molecular weight is 176 g/mol. The Kier molecular flexibility index (Phi) is 16.4. The first-order valence-corrected chi connectivity index (χ1v) is 6.23. The van der Waals surface area contributed by atoms with Gasteiger partial charge in [0.15, 0.2) is 0 Å². The molecule has 11 heavy (non-hydrogen) atoms. The second kappa shape index (κ2) is 13.0. The quantitative estimate of drug-likeness (QED) is 0.605. The van der Waals surface area contributed by atoms with E-state index in [9.17, 15) is 0 Å². The zero-order chi connectivity index (χ0) is 9.11. The number of thioether (sulfide) groups is 1. The topological polar surface area (TPSA) is 0 Å². The largest absolute Gasteiger partial charge is 0.165 e. The molecule has 0 radical (unpaired) electrons. The van der Waals surface area contributed by atoms with Crippen molar-refractivity contribution < 1.29 is 0 Å². The van der Waals surface area contributed by atoms with E-state index >= 15 is 0 Å². The molecule has 0 nitrogen and oxygen atoms in total. The van der Waals surface area contributed by atoms with Crippen molar-refractivity contribution in [3.8, 4) is 0 Å². The van der Waals surface area contributed by atoms with Crippen molar-refractivity contribution >= 4 is 11.8 Å². The van der Waals surface area contributed by atoms with Crippen molar-refractivity contribution in [3.63, 3.8) is 0 Å². The van der Waals surface area contributed by atoms with E-state index in [0.717, 1.165) is 5.92 Å². The Morgan fingerprint density at radius 2 is 1.73 bits per heavy atom. The van der Waals surface area contributed by atoms with Gasteiger partial charge < -0.3 is 0 Å². The van der Waals surface area contributed by atoms with E-state index in [1.165, 1.54) is 25.0 Å². The molecular weight excluding hydrogens is 152 g/mol. The van der Waals surface area contributed by atoms with Gasteiger partial charge in [-0.3, -0.25) is 0 Å². The Labute approximate surface area is 77.2 Å². The summed E-state index contributed by atoms with van der Waals surface area (Å²) in [7, 11) is 0. The third-order valence-electron chi connectivity index (χ3n) is 1.68. The van der Waals surface area contributed by atoms with E-state index in [2.05, 4.69) is 20.1 Å². The zero-order valence-corrected chi connectivity index (χ0v) is 9.63. The standard InChI is InChI=1S/C8H18S.C2H6/c1-4-6-8(5-2)7-9-3;1-2/h8H,4-7H2,1-3H3;1-2H3. The lowest BCUT2D eigenvalue weighted by Gasteiger charge is -2.10. The molecule has 1 atom stereocenters. The van der Waals surface area contributed by atoms with Crippen LogP contribution in [0.2, 0.25) is 0 Å². The van der Waals surface area contributed by atoms with Gasteiger partial charge in [0.25, 0.3) is 0 Å². The monoisotopic (exact) mass is 176 g/mol. The van der Waals surface area contributed by atoms with Crippen LogP contribution in [0.25, 0.3) is 0 Å². The summed E-state index contributed by atoms with van der Waals surface area (Å²) in [6.07, 6.45) is 6.31. The molecule has 0 aromatic heterocycles. The molecule has 1 heteroatoms. The highest BCUT2D eigenvalue weighted by Gasteiger charge is 2.01. The Balaban J connectivity index is 0. The first kappa shape index (κ1) is 13.9. The van der Waals surface area contributed by atoms with Crippen LogP contribution in [0.5, 0.6) is 0 Å². The smallest absolute Gasteiger partial charge is 0.00420 e. The molecule has 0 aromatic carbocycles. The van der Waals surface area contributed by atoms with E-state index in [0.29, 0.717) is 0 Å². The van der Waals surface area contributed by atoms with E-state index in [1.54, 1.807) is 0 Å². The summed E-state index contributed by atoms with van der Waals surface area (Å²) in [5.74, 6) is 2.33. The molecule has 0 saturated heterocycles. The van der Waals surface area contributed by atoms with E-state index < -0.39 is 0 Å². The summed E-state index contributed by atoms with van der Waals surface area (Å²) >= 11 is 1.97. The highest BCUT2D eigenvalue weighted by Crippen LogP contribution is 2.14. The highest BCUT2D eigenvalue weighted by atomic mass is 32.2. The van der Waals surface area contributed by atoms with Gasteiger partial charge in [-0.25, -0.2) is 0 Å². The molecule has 0 aromatic rings. The van der Waals surface area contributed by atoms with E-state index in [4.69, 9.17) is 0 Å². The van der Waals surface area contributed by atoms with Crippen molar-refractivity contribution in [1.29, 1.82) is 0 Å². The molecule has 0 rings (SSSR count). The van der Waals surface area contributed by atoms with Crippen LogP contribution in [-0.4, -0.2) is 12.0 Å². The molecule has 0 spiro atoms. The molecular formula is C10H24S. The molecule has 0 aliphatic heterocycles. The SMILES string of the molecule is CC.CCCC(CC)CSC. The second-order valence-corrected chi connectivity index (χ2v) is 3.43. The Bertz CT molecular complexity index is 46.8. The summed E-state index contributed by atoms with van der Waals surface area (Å²) in [6.45, 7) is 8.56. The van der Waals surface area contributed by atoms with Crippen molar-refractivity contribution in [3.05, 3.63) is 0 Å². The van der Waals surface area contributed by atoms with Crippen LogP contribution < -0.4 is 0 Å². The molecule has 1 unspecified atom stereocenters. The lowest BCUT2D eigenvalue weighted by Crippen LogP contribution is -2.00. The second-order valence-electron chi connectivity index (χ2n) is 2.52. The van der Waals surface area contributed by atoms with Crippen molar-refractivity contribution in [1.82, 2.24) is 0 Å². The molecule has 0 heterocycles. The highest BCUT2D eigenvalue weighted by molar-refractivity contribution is 7.98. The van der Waals surface area contributed by atoms with Crippen molar-refractivity contribution in [2.75, 3.05) is 12.0 Å². The number of hydrogen-bond donors (Lipinski definition) is 0. The van der Waals surface area contributed by atoms with Gasteiger partial charge in [0.05, 0.1) is 0 Å². The minimum absolute atomic E-state index is 0.977. The van der Waals surface area contributed by atoms with Crippen LogP contribution >= 0.6 is 11.8 Å². The molecule has 0 N–H and O–H groups in total. The van der Waals surface area contributed by atoms with Gasteiger partial charge in [0.1, 0.15) is 0 Å².